The second kappa shape index (κ2) is 3.35. The molecule has 13 heavy (non-hydrogen) atoms. The van der Waals surface area contributed by atoms with Gasteiger partial charge in [-0.1, -0.05) is 37.3 Å². The Morgan fingerprint density at radius 1 is 1.38 bits per heavy atom. The number of nitrogens with two attached hydrogens (primary N) is 1. The van der Waals surface area contributed by atoms with Gasteiger partial charge >= 0.3 is 0 Å². The van der Waals surface area contributed by atoms with E-state index in [0.29, 0.717) is 0 Å². The third kappa shape index (κ3) is 1.40. The lowest BCUT2D eigenvalue weighted by Crippen LogP contribution is -2.14. The Morgan fingerprint density at radius 2 is 2.15 bits per heavy atom. The van der Waals surface area contributed by atoms with Gasteiger partial charge in [0.15, 0.2) is 0 Å². The zero-order valence-corrected chi connectivity index (χ0v) is 7.96. The van der Waals surface area contributed by atoms with Gasteiger partial charge < -0.3 is 5.73 Å². The minimum absolute atomic E-state index is 0.200. The van der Waals surface area contributed by atoms with Crippen molar-refractivity contribution in [2.45, 2.75) is 25.8 Å². The quantitative estimate of drug-likeness (QED) is 0.694. The van der Waals surface area contributed by atoms with Crippen molar-refractivity contribution in [3.8, 4) is 0 Å². The van der Waals surface area contributed by atoms with Crippen molar-refractivity contribution in [1.29, 1.82) is 0 Å². The lowest BCUT2D eigenvalue weighted by atomic mass is 9.87. The minimum Gasteiger partial charge on any atom is -0.324 e. The van der Waals surface area contributed by atoms with Crippen LogP contribution in [0.4, 0.5) is 0 Å². The standard InChI is InChI=1S/C12H15N/c1-2-9-7-8-12(13)11-6-4-3-5-10(9)11/h3-7,12H,2,8,13H2,1H3/t12-/m0/s1. The van der Waals surface area contributed by atoms with Crippen LogP contribution in [0.2, 0.25) is 0 Å². The van der Waals surface area contributed by atoms with Crippen LogP contribution in [0.15, 0.2) is 30.3 Å². The fourth-order valence-electron chi connectivity index (χ4n) is 1.95. The van der Waals surface area contributed by atoms with Crippen molar-refractivity contribution >= 4 is 5.57 Å². The normalized spacial score (nSPS) is 20.8. The maximum absolute atomic E-state index is 6.02. The zero-order valence-electron chi connectivity index (χ0n) is 7.96. The Balaban J connectivity index is 2.52. The molecule has 0 heterocycles. The van der Waals surface area contributed by atoms with Crippen LogP contribution in [0, 0.1) is 0 Å². The predicted molar refractivity (Wildman–Crippen MR) is 56.3 cm³/mol. The van der Waals surface area contributed by atoms with E-state index in [2.05, 4.69) is 37.3 Å². The van der Waals surface area contributed by atoms with Gasteiger partial charge in [-0.25, -0.2) is 0 Å². The summed E-state index contributed by atoms with van der Waals surface area (Å²) in [6.07, 6.45) is 4.36. The fourth-order valence-corrected chi connectivity index (χ4v) is 1.95. The molecule has 0 radical (unpaired) electrons. The fraction of sp³-hybridized carbons (Fsp3) is 0.333. The first-order chi connectivity index (χ1) is 6.33. The van der Waals surface area contributed by atoms with Crippen LogP contribution in [0.5, 0.6) is 0 Å². The number of hydrogen-bond donors (Lipinski definition) is 1. The van der Waals surface area contributed by atoms with Gasteiger partial charge in [0.25, 0.3) is 0 Å². The molecule has 2 rings (SSSR count). The zero-order chi connectivity index (χ0) is 9.26. The van der Waals surface area contributed by atoms with Gasteiger partial charge in [0, 0.05) is 6.04 Å². The van der Waals surface area contributed by atoms with Crippen LogP contribution in [0.1, 0.15) is 36.9 Å². The molecule has 0 spiro atoms. The lowest BCUT2D eigenvalue weighted by molar-refractivity contribution is 0.726. The summed E-state index contributed by atoms with van der Waals surface area (Å²) in [4.78, 5) is 0. The molecule has 0 amide bonds. The molecule has 1 aromatic rings. The van der Waals surface area contributed by atoms with Crippen molar-refractivity contribution < 1.29 is 0 Å². The number of fused-ring (bicyclic) bond motifs is 1. The number of hydrogen-bond acceptors (Lipinski definition) is 1. The molecule has 1 atom stereocenters. The smallest absolute Gasteiger partial charge is 0.0336 e. The Kier molecular flexibility index (Phi) is 2.19. The van der Waals surface area contributed by atoms with Gasteiger partial charge in [0.2, 0.25) is 0 Å². The Morgan fingerprint density at radius 3 is 2.92 bits per heavy atom. The van der Waals surface area contributed by atoms with Crippen LogP contribution in [0.25, 0.3) is 5.57 Å². The highest BCUT2D eigenvalue weighted by molar-refractivity contribution is 5.70. The topological polar surface area (TPSA) is 26.0 Å². The van der Waals surface area contributed by atoms with Crippen LogP contribution >= 0.6 is 0 Å². The maximum atomic E-state index is 6.02. The van der Waals surface area contributed by atoms with E-state index in [-0.39, 0.29) is 6.04 Å². The summed E-state index contributed by atoms with van der Waals surface area (Å²) in [5.41, 5.74) is 10.1. The molecule has 1 aromatic carbocycles. The Bertz CT molecular complexity index is 339. The van der Waals surface area contributed by atoms with Crippen LogP contribution in [0.3, 0.4) is 0 Å². The van der Waals surface area contributed by atoms with E-state index in [4.69, 9.17) is 5.73 Å². The maximum Gasteiger partial charge on any atom is 0.0336 e. The van der Waals surface area contributed by atoms with E-state index < -0.39 is 0 Å². The summed E-state index contributed by atoms with van der Waals surface area (Å²) < 4.78 is 0. The van der Waals surface area contributed by atoms with Gasteiger partial charge in [-0.15, -0.1) is 0 Å². The lowest BCUT2D eigenvalue weighted by Gasteiger charge is -2.21. The monoisotopic (exact) mass is 173 g/mol. The molecule has 0 aromatic heterocycles. The second-order valence-corrected chi connectivity index (χ2v) is 3.51. The second-order valence-electron chi connectivity index (χ2n) is 3.51. The van der Waals surface area contributed by atoms with E-state index in [0.717, 1.165) is 12.8 Å². The molecule has 1 aliphatic rings. The minimum atomic E-state index is 0.200. The van der Waals surface area contributed by atoms with Gasteiger partial charge in [-0.05, 0) is 29.5 Å². The highest BCUT2D eigenvalue weighted by Gasteiger charge is 2.16. The Hall–Kier alpha value is -1.08. The number of benzene rings is 1. The van der Waals surface area contributed by atoms with Crippen molar-refractivity contribution in [1.82, 2.24) is 0 Å². The van der Waals surface area contributed by atoms with E-state index in [1.54, 1.807) is 0 Å². The molecule has 1 heteroatoms. The van der Waals surface area contributed by atoms with E-state index in [9.17, 15) is 0 Å². The van der Waals surface area contributed by atoms with Crippen molar-refractivity contribution in [3.05, 3.63) is 41.5 Å². The van der Waals surface area contributed by atoms with E-state index in [1.807, 2.05) is 0 Å². The molecule has 0 bridgehead atoms. The average molecular weight is 173 g/mol. The summed E-state index contributed by atoms with van der Waals surface area (Å²) in [6, 6.07) is 8.66. The summed E-state index contributed by atoms with van der Waals surface area (Å²) in [7, 11) is 0. The molecule has 68 valence electrons. The first-order valence-corrected chi connectivity index (χ1v) is 4.87. The summed E-state index contributed by atoms with van der Waals surface area (Å²) in [6.45, 7) is 2.19. The van der Waals surface area contributed by atoms with Gasteiger partial charge in [0.1, 0.15) is 0 Å². The third-order valence-electron chi connectivity index (χ3n) is 2.71. The van der Waals surface area contributed by atoms with Crippen LogP contribution in [-0.4, -0.2) is 0 Å². The van der Waals surface area contributed by atoms with Crippen LogP contribution < -0.4 is 5.73 Å². The van der Waals surface area contributed by atoms with Gasteiger partial charge in [-0.3, -0.25) is 0 Å². The highest BCUT2D eigenvalue weighted by Crippen LogP contribution is 2.32. The third-order valence-corrected chi connectivity index (χ3v) is 2.71. The molecule has 1 nitrogen and oxygen atoms in total. The molecule has 1 aliphatic carbocycles. The molecule has 0 unspecified atom stereocenters. The average Bonchev–Trinajstić information content (AvgIpc) is 2.19. The van der Waals surface area contributed by atoms with Crippen LogP contribution in [-0.2, 0) is 0 Å². The molecule has 0 aliphatic heterocycles. The molecular weight excluding hydrogens is 158 g/mol. The summed E-state index contributed by atoms with van der Waals surface area (Å²) in [5, 5.41) is 0. The largest absolute Gasteiger partial charge is 0.324 e. The van der Waals surface area contributed by atoms with Gasteiger partial charge in [0.05, 0.1) is 0 Å². The Labute approximate surface area is 79.3 Å². The van der Waals surface area contributed by atoms with E-state index >= 15 is 0 Å². The summed E-state index contributed by atoms with van der Waals surface area (Å²) in [5.74, 6) is 0. The number of allylic oxidation sites excluding steroid dienone is 1. The van der Waals surface area contributed by atoms with Crippen molar-refractivity contribution in [2.24, 2.45) is 5.73 Å². The van der Waals surface area contributed by atoms with Crippen molar-refractivity contribution in [2.75, 3.05) is 0 Å². The predicted octanol–water partition coefficient (Wildman–Crippen LogP) is 2.88. The first-order valence-electron chi connectivity index (χ1n) is 4.87. The van der Waals surface area contributed by atoms with Gasteiger partial charge in [-0.2, -0.15) is 0 Å². The molecular formula is C12H15N. The molecule has 0 saturated carbocycles. The SMILES string of the molecule is CCC1=CC[C@H](N)c2ccccc21. The molecule has 0 saturated heterocycles. The molecule has 0 fully saturated rings. The first kappa shape index (κ1) is 8.52. The van der Waals surface area contributed by atoms with Crippen molar-refractivity contribution in [3.63, 3.8) is 0 Å². The summed E-state index contributed by atoms with van der Waals surface area (Å²) >= 11 is 0. The number of rotatable bonds is 1. The van der Waals surface area contributed by atoms with E-state index in [1.165, 1.54) is 16.7 Å². The molecule has 2 N–H and O–H groups in total. The highest BCUT2D eigenvalue weighted by atomic mass is 14.6.